The van der Waals surface area contributed by atoms with E-state index in [1.165, 1.54) is 11.8 Å². The molecule has 0 bridgehead atoms. The fourth-order valence-corrected chi connectivity index (χ4v) is 2.14. The van der Waals surface area contributed by atoms with E-state index in [0.717, 1.165) is 11.3 Å². The Kier molecular flexibility index (Phi) is 5.00. The van der Waals surface area contributed by atoms with E-state index < -0.39 is 0 Å². The number of nitrogens with zero attached hydrogens (tertiary/aromatic N) is 2. The Hall–Kier alpha value is -2.02. The van der Waals surface area contributed by atoms with Crippen molar-refractivity contribution in [2.24, 2.45) is 0 Å². The normalized spacial score (nSPS) is 10.3. The number of ether oxygens (including phenoxy) is 1. The molecular weight excluding hydrogens is 278 g/mol. The third-order valence-corrected chi connectivity index (χ3v) is 3.39. The van der Waals surface area contributed by atoms with Crippen molar-refractivity contribution >= 4 is 17.7 Å². The van der Waals surface area contributed by atoms with Crippen LogP contribution in [-0.4, -0.2) is 36.0 Å². The van der Waals surface area contributed by atoms with Gasteiger partial charge in [-0.05, 0) is 17.7 Å². The summed E-state index contributed by atoms with van der Waals surface area (Å²) in [7, 11) is 3.22. The van der Waals surface area contributed by atoms with Gasteiger partial charge >= 0.3 is 0 Å². The molecule has 106 valence electrons. The van der Waals surface area contributed by atoms with Crippen molar-refractivity contribution in [3.05, 3.63) is 35.7 Å². The number of carbonyl (C=O) groups is 1. The van der Waals surface area contributed by atoms with Crippen molar-refractivity contribution in [3.63, 3.8) is 0 Å². The fourth-order valence-electron chi connectivity index (χ4n) is 1.49. The van der Waals surface area contributed by atoms with E-state index in [4.69, 9.17) is 9.15 Å². The Bertz CT molecular complexity index is 568. The highest BCUT2D eigenvalue weighted by Crippen LogP contribution is 2.18. The van der Waals surface area contributed by atoms with Gasteiger partial charge in [0.25, 0.3) is 5.22 Å². The molecule has 1 amide bonds. The van der Waals surface area contributed by atoms with E-state index in [1.807, 2.05) is 24.3 Å². The van der Waals surface area contributed by atoms with Gasteiger partial charge < -0.3 is 14.5 Å². The third-order valence-electron chi connectivity index (χ3n) is 2.57. The van der Waals surface area contributed by atoms with Gasteiger partial charge in [-0.1, -0.05) is 23.9 Å². The second-order valence-corrected chi connectivity index (χ2v) is 4.88. The van der Waals surface area contributed by atoms with Crippen LogP contribution in [0, 0.1) is 0 Å². The number of methoxy groups -OCH3 is 1. The smallest absolute Gasteiger partial charge is 0.277 e. The molecule has 2 aromatic rings. The third kappa shape index (κ3) is 3.99. The van der Waals surface area contributed by atoms with Crippen LogP contribution in [0.1, 0.15) is 11.5 Å². The molecule has 0 radical (unpaired) electrons. The number of hydrogen-bond donors (Lipinski definition) is 1. The van der Waals surface area contributed by atoms with E-state index in [2.05, 4.69) is 15.5 Å². The molecule has 0 fully saturated rings. The number of rotatable bonds is 6. The van der Waals surface area contributed by atoms with Gasteiger partial charge in [0.05, 0.1) is 19.3 Å². The van der Waals surface area contributed by atoms with Gasteiger partial charge in [0, 0.05) is 7.05 Å². The predicted octanol–water partition coefficient (Wildman–Crippen LogP) is 1.51. The zero-order valence-electron chi connectivity index (χ0n) is 11.3. The lowest BCUT2D eigenvalue weighted by Crippen LogP contribution is -2.19. The summed E-state index contributed by atoms with van der Waals surface area (Å²) < 4.78 is 10.6. The summed E-state index contributed by atoms with van der Waals surface area (Å²) in [6, 6.07) is 7.65. The van der Waals surface area contributed by atoms with E-state index >= 15 is 0 Å². The summed E-state index contributed by atoms with van der Waals surface area (Å²) in [5.74, 6) is 1.52. The maximum Gasteiger partial charge on any atom is 0.277 e. The minimum absolute atomic E-state index is 0.0788. The number of nitrogens with one attached hydrogen (secondary N) is 1. The van der Waals surface area contributed by atoms with Gasteiger partial charge in [-0.25, -0.2) is 0 Å². The molecule has 7 heteroatoms. The minimum Gasteiger partial charge on any atom is -0.497 e. The molecule has 0 spiro atoms. The molecule has 1 N–H and O–H groups in total. The SMILES string of the molecule is CNC(=O)CSc1nnc(Cc2ccc(OC)cc2)o1. The zero-order valence-corrected chi connectivity index (χ0v) is 12.1. The van der Waals surface area contributed by atoms with E-state index in [-0.39, 0.29) is 11.7 Å². The first kappa shape index (κ1) is 14.4. The monoisotopic (exact) mass is 293 g/mol. The summed E-state index contributed by atoms with van der Waals surface area (Å²) in [4.78, 5) is 11.1. The Labute approximate surface area is 120 Å². The second kappa shape index (κ2) is 6.95. The quantitative estimate of drug-likeness (QED) is 0.813. The van der Waals surface area contributed by atoms with Gasteiger partial charge in [-0.15, -0.1) is 10.2 Å². The van der Waals surface area contributed by atoms with Crippen molar-refractivity contribution in [2.45, 2.75) is 11.6 Å². The molecular formula is C13H15N3O3S. The van der Waals surface area contributed by atoms with Crippen molar-refractivity contribution < 1.29 is 13.9 Å². The molecule has 1 heterocycles. The summed E-state index contributed by atoms with van der Waals surface area (Å²) in [5.41, 5.74) is 1.05. The Morgan fingerprint density at radius 2 is 2.10 bits per heavy atom. The van der Waals surface area contributed by atoms with Crippen LogP contribution < -0.4 is 10.1 Å². The lowest BCUT2D eigenvalue weighted by atomic mass is 10.1. The molecule has 0 aliphatic carbocycles. The van der Waals surface area contributed by atoms with E-state index in [1.54, 1.807) is 14.2 Å². The molecule has 0 saturated heterocycles. The van der Waals surface area contributed by atoms with E-state index in [9.17, 15) is 4.79 Å². The zero-order chi connectivity index (χ0) is 14.4. The predicted molar refractivity (Wildman–Crippen MR) is 74.9 cm³/mol. The van der Waals surface area contributed by atoms with Gasteiger partial charge in [-0.3, -0.25) is 4.79 Å². The second-order valence-electron chi connectivity index (χ2n) is 3.95. The minimum atomic E-state index is -0.0788. The molecule has 1 aromatic heterocycles. The maximum atomic E-state index is 11.1. The van der Waals surface area contributed by atoms with Gasteiger partial charge in [0.2, 0.25) is 11.8 Å². The first-order chi connectivity index (χ1) is 9.71. The number of thioether (sulfide) groups is 1. The molecule has 0 aliphatic heterocycles. The van der Waals surface area contributed by atoms with Crippen LogP contribution in [0.5, 0.6) is 5.75 Å². The van der Waals surface area contributed by atoms with Crippen LogP contribution in [-0.2, 0) is 11.2 Å². The van der Waals surface area contributed by atoms with Gasteiger partial charge in [0.15, 0.2) is 0 Å². The fraction of sp³-hybridized carbons (Fsp3) is 0.308. The van der Waals surface area contributed by atoms with Crippen LogP contribution in [0.15, 0.2) is 33.9 Å². The topological polar surface area (TPSA) is 77.2 Å². The van der Waals surface area contributed by atoms with E-state index in [0.29, 0.717) is 17.5 Å². The number of benzene rings is 1. The molecule has 0 unspecified atom stereocenters. The highest BCUT2D eigenvalue weighted by atomic mass is 32.2. The average molecular weight is 293 g/mol. The van der Waals surface area contributed by atoms with Gasteiger partial charge in [-0.2, -0.15) is 0 Å². The number of amides is 1. The molecule has 1 aromatic carbocycles. The molecule has 0 saturated carbocycles. The van der Waals surface area contributed by atoms with Crippen LogP contribution in [0.3, 0.4) is 0 Å². The van der Waals surface area contributed by atoms with Crippen LogP contribution in [0.2, 0.25) is 0 Å². The highest BCUT2D eigenvalue weighted by molar-refractivity contribution is 7.99. The first-order valence-corrected chi connectivity index (χ1v) is 6.98. The Morgan fingerprint density at radius 1 is 1.35 bits per heavy atom. The maximum absolute atomic E-state index is 11.1. The molecule has 20 heavy (non-hydrogen) atoms. The summed E-state index contributed by atoms with van der Waals surface area (Å²) in [5, 5.41) is 10.8. The molecule has 0 aliphatic rings. The largest absolute Gasteiger partial charge is 0.497 e. The highest BCUT2D eigenvalue weighted by Gasteiger charge is 2.09. The molecule has 6 nitrogen and oxygen atoms in total. The van der Waals surface area contributed by atoms with Crippen molar-refractivity contribution in [3.8, 4) is 5.75 Å². The van der Waals surface area contributed by atoms with Crippen molar-refractivity contribution in [2.75, 3.05) is 19.9 Å². The number of carbonyl (C=O) groups excluding carboxylic acids is 1. The molecule has 0 atom stereocenters. The van der Waals surface area contributed by atoms with Crippen LogP contribution >= 0.6 is 11.8 Å². The lowest BCUT2D eigenvalue weighted by Gasteiger charge is -2.00. The van der Waals surface area contributed by atoms with Crippen LogP contribution in [0.25, 0.3) is 0 Å². The van der Waals surface area contributed by atoms with Gasteiger partial charge in [0.1, 0.15) is 5.75 Å². The lowest BCUT2D eigenvalue weighted by molar-refractivity contribution is -0.118. The Balaban J connectivity index is 1.93. The summed E-state index contributed by atoms with van der Waals surface area (Å²) in [6.45, 7) is 0. The standard InChI is InChI=1S/C13H15N3O3S/c1-14-11(17)8-20-13-16-15-12(19-13)7-9-3-5-10(18-2)6-4-9/h3-6H,7-8H2,1-2H3,(H,14,17). The molecule has 2 rings (SSSR count). The number of aromatic nitrogens is 2. The summed E-state index contributed by atoms with van der Waals surface area (Å²) >= 11 is 1.22. The average Bonchev–Trinajstić information content (AvgIpc) is 2.93. The summed E-state index contributed by atoms with van der Waals surface area (Å²) in [6.07, 6.45) is 0.553. The first-order valence-electron chi connectivity index (χ1n) is 6.00. The number of hydrogen-bond acceptors (Lipinski definition) is 6. The van der Waals surface area contributed by atoms with Crippen LogP contribution in [0.4, 0.5) is 0 Å². The van der Waals surface area contributed by atoms with Crippen molar-refractivity contribution in [1.29, 1.82) is 0 Å². The Morgan fingerprint density at radius 3 is 2.75 bits per heavy atom. The van der Waals surface area contributed by atoms with Crippen molar-refractivity contribution in [1.82, 2.24) is 15.5 Å².